The minimum absolute atomic E-state index is 0.207. The summed E-state index contributed by atoms with van der Waals surface area (Å²) >= 11 is 1.58. The third kappa shape index (κ3) is 5.04. The fourth-order valence-corrected chi connectivity index (χ4v) is 5.57. The maximum Gasteiger partial charge on any atom is 0.228 e. The zero-order valence-corrected chi connectivity index (χ0v) is 18.0. The minimum Gasteiger partial charge on any atom is -0.338 e. The standard InChI is InChI=1S/C23H30FN3OS/c1-17-25-23(18-8-10-19(24)11-9-18)21(29-17)15-22(28)27-14-6-3-7-20(27)16-26-12-4-2-5-13-26/h8-11,20H,2-7,12-16H2,1H3. The van der Waals surface area contributed by atoms with Gasteiger partial charge < -0.3 is 9.80 Å². The van der Waals surface area contributed by atoms with E-state index >= 15 is 0 Å². The summed E-state index contributed by atoms with van der Waals surface area (Å²) < 4.78 is 13.3. The molecule has 1 unspecified atom stereocenters. The van der Waals surface area contributed by atoms with Gasteiger partial charge in [0, 0.05) is 29.6 Å². The van der Waals surface area contributed by atoms with Gasteiger partial charge in [0.15, 0.2) is 0 Å². The van der Waals surface area contributed by atoms with E-state index in [2.05, 4.69) is 14.8 Å². The summed E-state index contributed by atoms with van der Waals surface area (Å²) in [5, 5.41) is 0.940. The van der Waals surface area contributed by atoms with Gasteiger partial charge in [0.25, 0.3) is 0 Å². The average molecular weight is 416 g/mol. The van der Waals surface area contributed by atoms with Crippen LogP contribution < -0.4 is 0 Å². The summed E-state index contributed by atoms with van der Waals surface area (Å²) in [5.74, 6) is -0.0501. The first kappa shape index (κ1) is 20.5. The molecule has 3 heterocycles. The number of carbonyl (C=O) groups is 1. The van der Waals surface area contributed by atoms with Crippen LogP contribution in [0.15, 0.2) is 24.3 Å². The molecule has 156 valence electrons. The summed E-state index contributed by atoms with van der Waals surface area (Å²) in [4.78, 5) is 23.6. The van der Waals surface area contributed by atoms with Crippen LogP contribution in [0, 0.1) is 12.7 Å². The Hall–Kier alpha value is -1.79. The second-order valence-electron chi connectivity index (χ2n) is 8.29. The van der Waals surface area contributed by atoms with Crippen molar-refractivity contribution < 1.29 is 9.18 Å². The van der Waals surface area contributed by atoms with E-state index in [9.17, 15) is 9.18 Å². The summed E-state index contributed by atoms with van der Waals surface area (Å²) in [6.07, 6.45) is 7.69. The summed E-state index contributed by atoms with van der Waals surface area (Å²) in [5.41, 5.74) is 1.70. The molecule has 1 aromatic heterocycles. The molecular formula is C23H30FN3OS. The predicted octanol–water partition coefficient (Wildman–Crippen LogP) is 4.67. The van der Waals surface area contributed by atoms with E-state index in [1.165, 1.54) is 50.9 Å². The number of nitrogens with zero attached hydrogens (tertiary/aromatic N) is 3. The number of thiazole rings is 1. The Kier molecular flexibility index (Phi) is 6.60. The van der Waals surface area contributed by atoms with Crippen molar-refractivity contribution in [2.24, 2.45) is 0 Å². The van der Waals surface area contributed by atoms with Gasteiger partial charge in [-0.2, -0.15) is 0 Å². The molecule has 0 N–H and O–H groups in total. The molecule has 0 saturated carbocycles. The number of piperidine rings is 2. The lowest BCUT2D eigenvalue weighted by atomic mass is 9.99. The third-order valence-corrected chi connectivity index (χ3v) is 7.07. The predicted molar refractivity (Wildman–Crippen MR) is 116 cm³/mol. The molecule has 0 spiro atoms. The quantitative estimate of drug-likeness (QED) is 0.712. The lowest BCUT2D eigenvalue weighted by Crippen LogP contribution is -2.50. The summed E-state index contributed by atoms with van der Waals surface area (Å²) in [6, 6.07) is 6.73. The van der Waals surface area contributed by atoms with E-state index in [1.54, 1.807) is 23.5 Å². The molecule has 2 saturated heterocycles. The number of aromatic nitrogens is 1. The first-order chi connectivity index (χ1) is 14.1. The molecule has 0 bridgehead atoms. The Morgan fingerprint density at radius 2 is 1.83 bits per heavy atom. The highest BCUT2D eigenvalue weighted by Gasteiger charge is 2.29. The molecule has 4 rings (SSSR count). The second-order valence-corrected chi connectivity index (χ2v) is 9.57. The van der Waals surface area contributed by atoms with Crippen molar-refractivity contribution in [2.45, 2.75) is 57.9 Å². The van der Waals surface area contributed by atoms with E-state index in [0.29, 0.717) is 12.5 Å². The Labute approximate surface area is 176 Å². The topological polar surface area (TPSA) is 36.4 Å². The molecule has 6 heteroatoms. The van der Waals surface area contributed by atoms with Gasteiger partial charge in [-0.25, -0.2) is 9.37 Å². The van der Waals surface area contributed by atoms with Crippen molar-refractivity contribution in [1.82, 2.24) is 14.8 Å². The largest absolute Gasteiger partial charge is 0.338 e. The second kappa shape index (κ2) is 9.35. The van der Waals surface area contributed by atoms with Gasteiger partial charge in [0.2, 0.25) is 5.91 Å². The molecule has 29 heavy (non-hydrogen) atoms. The number of aryl methyl sites for hydroxylation is 1. The van der Waals surface area contributed by atoms with Crippen LogP contribution in [0.3, 0.4) is 0 Å². The van der Waals surface area contributed by atoms with E-state index in [-0.39, 0.29) is 11.7 Å². The Morgan fingerprint density at radius 3 is 2.59 bits per heavy atom. The minimum atomic E-state index is -0.257. The van der Waals surface area contributed by atoms with Crippen LogP contribution in [0.1, 0.15) is 48.4 Å². The molecule has 2 aromatic rings. The molecule has 1 atom stereocenters. The Balaban J connectivity index is 1.48. The number of amides is 1. The van der Waals surface area contributed by atoms with Gasteiger partial charge in [-0.3, -0.25) is 4.79 Å². The summed E-state index contributed by atoms with van der Waals surface area (Å²) in [6.45, 7) is 6.17. The number of halogens is 1. The molecule has 1 amide bonds. The monoisotopic (exact) mass is 415 g/mol. The summed E-state index contributed by atoms with van der Waals surface area (Å²) in [7, 11) is 0. The molecule has 0 radical (unpaired) electrons. The van der Waals surface area contributed by atoms with Gasteiger partial charge in [0.05, 0.1) is 17.1 Å². The van der Waals surface area contributed by atoms with Crippen LogP contribution >= 0.6 is 11.3 Å². The molecular weight excluding hydrogens is 385 g/mol. The third-order valence-electron chi connectivity index (χ3n) is 6.10. The number of likely N-dealkylation sites (tertiary alicyclic amines) is 2. The van der Waals surface area contributed by atoms with Crippen molar-refractivity contribution in [2.75, 3.05) is 26.2 Å². The van der Waals surface area contributed by atoms with Crippen molar-refractivity contribution in [3.63, 3.8) is 0 Å². The average Bonchev–Trinajstić information content (AvgIpc) is 3.09. The molecule has 2 aliphatic rings. The number of hydrogen-bond acceptors (Lipinski definition) is 4. The van der Waals surface area contributed by atoms with Crippen LogP contribution in [0.5, 0.6) is 0 Å². The lowest BCUT2D eigenvalue weighted by molar-refractivity contribution is -0.134. The SMILES string of the molecule is Cc1nc(-c2ccc(F)cc2)c(CC(=O)N2CCCCC2CN2CCCCC2)s1. The van der Waals surface area contributed by atoms with Crippen LogP contribution in [-0.2, 0) is 11.2 Å². The molecule has 2 fully saturated rings. The highest BCUT2D eigenvalue weighted by atomic mass is 32.1. The Morgan fingerprint density at radius 1 is 1.10 bits per heavy atom. The fraction of sp³-hybridized carbons (Fsp3) is 0.565. The van der Waals surface area contributed by atoms with Crippen LogP contribution in [0.2, 0.25) is 0 Å². The Bertz CT molecular complexity index is 829. The molecule has 2 aliphatic heterocycles. The van der Waals surface area contributed by atoms with Gasteiger partial charge in [-0.15, -0.1) is 11.3 Å². The zero-order valence-electron chi connectivity index (χ0n) is 17.2. The van der Waals surface area contributed by atoms with Crippen LogP contribution in [0.25, 0.3) is 11.3 Å². The number of hydrogen-bond donors (Lipinski definition) is 0. The smallest absolute Gasteiger partial charge is 0.228 e. The van der Waals surface area contributed by atoms with Gasteiger partial charge in [-0.05, 0) is 76.4 Å². The number of rotatable bonds is 5. The molecule has 4 nitrogen and oxygen atoms in total. The van der Waals surface area contributed by atoms with Crippen LogP contribution in [-0.4, -0.2) is 52.9 Å². The van der Waals surface area contributed by atoms with Crippen LogP contribution in [0.4, 0.5) is 4.39 Å². The number of benzene rings is 1. The molecule has 0 aliphatic carbocycles. The van der Waals surface area contributed by atoms with E-state index in [0.717, 1.165) is 47.1 Å². The van der Waals surface area contributed by atoms with Crippen molar-refractivity contribution in [3.8, 4) is 11.3 Å². The highest BCUT2D eigenvalue weighted by molar-refractivity contribution is 7.12. The maximum absolute atomic E-state index is 13.3. The van der Waals surface area contributed by atoms with Crippen molar-refractivity contribution >= 4 is 17.2 Å². The zero-order chi connectivity index (χ0) is 20.2. The fourth-order valence-electron chi connectivity index (χ4n) is 4.62. The molecule has 1 aromatic carbocycles. The van der Waals surface area contributed by atoms with Crippen molar-refractivity contribution in [1.29, 1.82) is 0 Å². The van der Waals surface area contributed by atoms with Gasteiger partial charge in [0.1, 0.15) is 5.82 Å². The van der Waals surface area contributed by atoms with Crippen molar-refractivity contribution in [3.05, 3.63) is 40.0 Å². The normalized spacial score (nSPS) is 20.8. The lowest BCUT2D eigenvalue weighted by Gasteiger charge is -2.39. The van der Waals surface area contributed by atoms with E-state index < -0.39 is 0 Å². The van der Waals surface area contributed by atoms with E-state index in [4.69, 9.17) is 0 Å². The maximum atomic E-state index is 13.3. The highest BCUT2D eigenvalue weighted by Crippen LogP contribution is 2.30. The number of carbonyl (C=O) groups excluding carboxylic acids is 1. The van der Waals surface area contributed by atoms with Gasteiger partial charge in [-0.1, -0.05) is 6.42 Å². The van der Waals surface area contributed by atoms with Gasteiger partial charge >= 0.3 is 0 Å². The first-order valence-corrected chi connectivity index (χ1v) is 11.7. The van der Waals surface area contributed by atoms with E-state index in [1.807, 2.05) is 6.92 Å². The first-order valence-electron chi connectivity index (χ1n) is 10.8.